The normalized spacial score (nSPS) is 15.1. The lowest BCUT2D eigenvalue weighted by Crippen LogP contribution is -2.27. The topological polar surface area (TPSA) is 91.0 Å². The first-order chi connectivity index (χ1) is 13.5. The van der Waals surface area contributed by atoms with Gasteiger partial charge in [0.15, 0.2) is 5.65 Å². The summed E-state index contributed by atoms with van der Waals surface area (Å²) < 4.78 is 8.21. The van der Waals surface area contributed by atoms with E-state index in [4.69, 9.17) is 4.74 Å². The van der Waals surface area contributed by atoms with Crippen molar-refractivity contribution in [2.24, 2.45) is 7.05 Å². The number of hydrogen-bond donors (Lipinski definition) is 1. The van der Waals surface area contributed by atoms with Crippen LogP contribution in [0.1, 0.15) is 52.7 Å². The molecule has 1 aliphatic rings. The lowest BCUT2D eigenvalue weighted by Gasteiger charge is -2.22. The molecule has 0 unspecified atom stereocenters. The lowest BCUT2D eigenvalue weighted by molar-refractivity contribution is 0.0606. The van der Waals surface area contributed by atoms with Crippen LogP contribution >= 0.6 is 11.3 Å². The number of nitrogens with one attached hydrogen (secondary N) is 1. The number of thiophene rings is 1. The van der Waals surface area contributed by atoms with Crippen LogP contribution in [-0.2, 0) is 11.8 Å². The number of hydrogen-bond acceptors (Lipinski definition) is 7. The lowest BCUT2D eigenvalue weighted by atomic mass is 9.95. The average molecular weight is 401 g/mol. The number of imidazole rings is 1. The maximum Gasteiger partial charge on any atom is 0.348 e. The molecule has 0 aromatic carbocycles. The van der Waals surface area contributed by atoms with Crippen molar-refractivity contribution >= 4 is 40.1 Å². The molecule has 0 saturated heterocycles. The molecule has 148 valence electrons. The fourth-order valence-corrected chi connectivity index (χ4v) is 4.69. The van der Waals surface area contributed by atoms with Crippen LogP contribution < -0.4 is 11.0 Å². The highest BCUT2D eigenvalue weighted by atomic mass is 32.1. The van der Waals surface area contributed by atoms with Gasteiger partial charge in [0, 0.05) is 18.0 Å². The molecule has 0 radical (unpaired) electrons. The van der Waals surface area contributed by atoms with Gasteiger partial charge in [-0.3, -0.25) is 9.13 Å². The molecule has 1 N–H and O–H groups in total. The summed E-state index contributed by atoms with van der Waals surface area (Å²) in [6, 6.07) is 1.92. The van der Waals surface area contributed by atoms with E-state index < -0.39 is 0 Å². The molecule has 0 amide bonds. The number of carbonyl (C=O) groups excluding carboxylic acids is 1. The van der Waals surface area contributed by atoms with Crippen molar-refractivity contribution in [1.82, 2.24) is 19.1 Å². The smallest absolute Gasteiger partial charge is 0.348 e. The second-order valence-corrected chi connectivity index (χ2v) is 8.36. The number of aromatic nitrogens is 4. The fraction of sp³-hybridized carbons (Fsp3) is 0.474. The van der Waals surface area contributed by atoms with Crippen molar-refractivity contribution in [3.05, 3.63) is 32.5 Å². The fourth-order valence-electron chi connectivity index (χ4n) is 3.79. The molecule has 4 rings (SSSR count). The average Bonchev–Trinajstić information content (AvgIpc) is 3.19. The Bertz CT molecular complexity index is 1090. The summed E-state index contributed by atoms with van der Waals surface area (Å²) in [5, 5.41) is 3.18. The van der Waals surface area contributed by atoms with Gasteiger partial charge in [-0.25, -0.2) is 14.6 Å². The standard InChI is InChI=1S/C19H23N5O3S/c1-11-13(9-15(28-11)17(25)27-3)21-18-20-10-14-16(22-18)24(19(26)23(14)2)12-7-5-4-6-8-12/h9-10,12H,4-8H2,1-3H3,(H,20,21,22). The minimum atomic E-state index is -0.369. The second-order valence-electron chi connectivity index (χ2n) is 7.10. The van der Waals surface area contributed by atoms with Crippen LogP contribution in [0.2, 0.25) is 0 Å². The Balaban J connectivity index is 1.72. The Morgan fingerprint density at radius 1 is 1.32 bits per heavy atom. The molecule has 3 aromatic heterocycles. The molecular weight excluding hydrogens is 378 g/mol. The zero-order valence-corrected chi connectivity index (χ0v) is 17.0. The predicted molar refractivity (Wildman–Crippen MR) is 109 cm³/mol. The van der Waals surface area contributed by atoms with Crippen molar-refractivity contribution in [1.29, 1.82) is 0 Å². The van der Waals surface area contributed by atoms with E-state index in [-0.39, 0.29) is 17.7 Å². The van der Waals surface area contributed by atoms with E-state index >= 15 is 0 Å². The summed E-state index contributed by atoms with van der Waals surface area (Å²) in [4.78, 5) is 35.0. The third-order valence-electron chi connectivity index (χ3n) is 5.32. The summed E-state index contributed by atoms with van der Waals surface area (Å²) in [6.45, 7) is 1.92. The van der Waals surface area contributed by atoms with Gasteiger partial charge in [-0.15, -0.1) is 11.3 Å². The number of carbonyl (C=O) groups is 1. The van der Waals surface area contributed by atoms with Crippen LogP contribution in [0.15, 0.2) is 17.1 Å². The Morgan fingerprint density at radius 2 is 2.07 bits per heavy atom. The zero-order valence-electron chi connectivity index (χ0n) is 16.2. The number of esters is 1. The number of anilines is 2. The summed E-state index contributed by atoms with van der Waals surface area (Å²) in [7, 11) is 3.12. The SMILES string of the molecule is COC(=O)c1cc(Nc2ncc3c(n2)n(C2CCCCC2)c(=O)n3C)c(C)s1. The van der Waals surface area contributed by atoms with Gasteiger partial charge in [-0.2, -0.15) is 4.98 Å². The highest BCUT2D eigenvalue weighted by molar-refractivity contribution is 7.14. The van der Waals surface area contributed by atoms with Crippen LogP contribution in [-0.4, -0.2) is 32.2 Å². The maximum atomic E-state index is 12.8. The van der Waals surface area contributed by atoms with Crippen molar-refractivity contribution in [2.45, 2.75) is 45.1 Å². The molecule has 0 spiro atoms. The number of nitrogens with zero attached hydrogens (tertiary/aromatic N) is 4. The van der Waals surface area contributed by atoms with E-state index in [2.05, 4.69) is 15.3 Å². The van der Waals surface area contributed by atoms with Crippen molar-refractivity contribution in [3.8, 4) is 0 Å². The quantitative estimate of drug-likeness (QED) is 0.673. The highest BCUT2D eigenvalue weighted by Gasteiger charge is 2.23. The molecular formula is C19H23N5O3S. The number of rotatable bonds is 4. The van der Waals surface area contributed by atoms with Crippen LogP contribution in [0.3, 0.4) is 0 Å². The van der Waals surface area contributed by atoms with Crippen molar-refractivity contribution < 1.29 is 9.53 Å². The van der Waals surface area contributed by atoms with Gasteiger partial charge in [-0.05, 0) is 25.8 Å². The maximum absolute atomic E-state index is 12.8. The highest BCUT2D eigenvalue weighted by Crippen LogP contribution is 2.31. The van der Waals surface area contributed by atoms with Crippen molar-refractivity contribution in [2.75, 3.05) is 12.4 Å². The molecule has 0 bridgehead atoms. The van der Waals surface area contributed by atoms with Crippen LogP contribution in [0, 0.1) is 6.92 Å². The Kier molecular flexibility index (Phi) is 4.92. The van der Waals surface area contributed by atoms with Gasteiger partial charge in [0.05, 0.1) is 19.0 Å². The molecule has 0 aliphatic heterocycles. The van der Waals surface area contributed by atoms with Crippen LogP contribution in [0.4, 0.5) is 11.6 Å². The van der Waals surface area contributed by atoms with Crippen LogP contribution in [0.25, 0.3) is 11.2 Å². The minimum Gasteiger partial charge on any atom is -0.465 e. The Hall–Kier alpha value is -2.68. The van der Waals surface area contributed by atoms with Gasteiger partial charge in [0.1, 0.15) is 10.4 Å². The second kappa shape index (κ2) is 7.38. The third kappa shape index (κ3) is 3.19. The molecule has 1 aliphatic carbocycles. The van der Waals surface area contributed by atoms with E-state index in [1.54, 1.807) is 23.9 Å². The molecule has 8 nitrogen and oxygen atoms in total. The summed E-state index contributed by atoms with van der Waals surface area (Å²) >= 11 is 1.35. The molecule has 3 heterocycles. The van der Waals surface area contributed by atoms with E-state index in [9.17, 15) is 9.59 Å². The number of ether oxygens (including phenoxy) is 1. The minimum absolute atomic E-state index is 0.0481. The third-order valence-corrected chi connectivity index (χ3v) is 6.35. The van der Waals surface area contributed by atoms with E-state index in [1.165, 1.54) is 24.9 Å². The first-order valence-electron chi connectivity index (χ1n) is 9.39. The molecule has 1 saturated carbocycles. The number of aryl methyl sites for hydroxylation is 2. The Morgan fingerprint density at radius 3 is 2.79 bits per heavy atom. The summed E-state index contributed by atoms with van der Waals surface area (Å²) in [5.41, 5.74) is 2.08. The first-order valence-corrected chi connectivity index (χ1v) is 10.2. The van der Waals surface area contributed by atoms with Crippen LogP contribution in [0.5, 0.6) is 0 Å². The van der Waals surface area contributed by atoms with E-state index in [0.29, 0.717) is 16.5 Å². The largest absolute Gasteiger partial charge is 0.465 e. The summed E-state index contributed by atoms with van der Waals surface area (Å²) in [6.07, 6.45) is 7.16. The molecule has 0 atom stereocenters. The molecule has 1 fully saturated rings. The van der Waals surface area contributed by atoms with Gasteiger partial charge in [0.2, 0.25) is 5.95 Å². The number of methoxy groups -OCH3 is 1. The first kappa shape index (κ1) is 18.7. The summed E-state index contributed by atoms with van der Waals surface area (Å²) in [5.74, 6) is 0.0340. The van der Waals surface area contributed by atoms with E-state index in [0.717, 1.165) is 41.8 Å². The predicted octanol–water partition coefficient (Wildman–Crippen LogP) is 3.54. The number of fused-ring (bicyclic) bond motifs is 1. The van der Waals surface area contributed by atoms with Gasteiger partial charge in [0.25, 0.3) is 0 Å². The Labute approximate surface area is 166 Å². The molecule has 9 heteroatoms. The molecule has 28 heavy (non-hydrogen) atoms. The van der Waals surface area contributed by atoms with E-state index in [1.807, 2.05) is 11.5 Å². The zero-order chi connectivity index (χ0) is 19.8. The monoisotopic (exact) mass is 401 g/mol. The van der Waals surface area contributed by atoms with Gasteiger partial charge < -0.3 is 10.1 Å². The molecule has 3 aromatic rings. The van der Waals surface area contributed by atoms with Crippen molar-refractivity contribution in [3.63, 3.8) is 0 Å². The van der Waals surface area contributed by atoms with Gasteiger partial charge >= 0.3 is 11.7 Å². The van der Waals surface area contributed by atoms with Gasteiger partial charge in [-0.1, -0.05) is 19.3 Å².